The minimum Gasteiger partial charge on any atom is -0.469 e. The second-order valence-corrected chi connectivity index (χ2v) is 4.98. The number of methoxy groups -OCH3 is 1. The van der Waals surface area contributed by atoms with Crippen LogP contribution in [0.4, 0.5) is 13.2 Å². The average molecular weight is 324 g/mol. The van der Waals surface area contributed by atoms with Crippen LogP contribution < -0.4 is 0 Å². The first-order valence-corrected chi connectivity index (χ1v) is 6.60. The minimum atomic E-state index is -4.57. The van der Waals surface area contributed by atoms with E-state index in [0.717, 1.165) is 7.11 Å². The van der Waals surface area contributed by atoms with Crippen molar-refractivity contribution in [1.29, 1.82) is 5.26 Å². The average Bonchev–Trinajstić information content (AvgIpc) is 2.38. The molecule has 1 aromatic carbocycles. The van der Waals surface area contributed by atoms with Crippen molar-refractivity contribution < 1.29 is 22.7 Å². The SMILES string of the molecule is COC(=O)Cc1ccc(CCl)c(C#N)c1SC(F)(F)F. The molecule has 0 amide bonds. The van der Waals surface area contributed by atoms with Gasteiger partial charge in [0.1, 0.15) is 6.07 Å². The highest BCUT2D eigenvalue weighted by molar-refractivity contribution is 8.00. The van der Waals surface area contributed by atoms with Crippen molar-refractivity contribution >= 4 is 29.3 Å². The summed E-state index contributed by atoms with van der Waals surface area (Å²) in [4.78, 5) is 10.9. The van der Waals surface area contributed by atoms with Crippen LogP contribution in [0, 0.1) is 11.3 Å². The number of halogens is 4. The highest BCUT2D eigenvalue weighted by atomic mass is 35.5. The Morgan fingerprint density at radius 1 is 1.45 bits per heavy atom. The van der Waals surface area contributed by atoms with Crippen LogP contribution in [0.2, 0.25) is 0 Å². The lowest BCUT2D eigenvalue weighted by atomic mass is 10.0. The third-order valence-corrected chi connectivity index (χ3v) is 3.55. The molecule has 0 aliphatic carbocycles. The number of rotatable bonds is 4. The molecule has 20 heavy (non-hydrogen) atoms. The van der Waals surface area contributed by atoms with E-state index in [1.807, 2.05) is 0 Å². The number of thioether (sulfide) groups is 1. The van der Waals surface area contributed by atoms with E-state index in [1.165, 1.54) is 12.1 Å². The number of nitrogens with zero attached hydrogens (tertiary/aromatic N) is 1. The summed E-state index contributed by atoms with van der Waals surface area (Å²) in [5.41, 5.74) is -4.36. The lowest BCUT2D eigenvalue weighted by molar-refractivity contribution is -0.139. The van der Waals surface area contributed by atoms with Gasteiger partial charge in [-0.25, -0.2) is 0 Å². The Morgan fingerprint density at radius 2 is 2.05 bits per heavy atom. The second-order valence-electron chi connectivity index (χ2n) is 3.63. The van der Waals surface area contributed by atoms with Gasteiger partial charge >= 0.3 is 11.5 Å². The molecule has 0 saturated heterocycles. The number of carbonyl (C=O) groups excluding carboxylic acids is 1. The first kappa shape index (κ1) is 16.7. The Labute approximate surface area is 122 Å². The van der Waals surface area contributed by atoms with Gasteiger partial charge in [-0.3, -0.25) is 4.79 Å². The standard InChI is InChI=1S/C12H9ClF3NO2S/c1-19-10(18)4-7-2-3-8(5-13)9(6-17)11(7)20-12(14,15)16/h2-3H,4-5H2,1H3. The van der Waals surface area contributed by atoms with E-state index in [1.54, 1.807) is 6.07 Å². The van der Waals surface area contributed by atoms with Crippen LogP contribution in [-0.2, 0) is 21.8 Å². The van der Waals surface area contributed by atoms with E-state index in [0.29, 0.717) is 0 Å². The highest BCUT2D eigenvalue weighted by Gasteiger charge is 2.32. The fourth-order valence-electron chi connectivity index (χ4n) is 1.50. The summed E-state index contributed by atoms with van der Waals surface area (Å²) in [7, 11) is 1.14. The van der Waals surface area contributed by atoms with Crippen molar-refractivity contribution in [2.24, 2.45) is 0 Å². The molecule has 0 aliphatic heterocycles. The van der Waals surface area contributed by atoms with E-state index >= 15 is 0 Å². The number of carbonyl (C=O) groups is 1. The van der Waals surface area contributed by atoms with Gasteiger partial charge in [-0.15, -0.1) is 11.6 Å². The van der Waals surface area contributed by atoms with E-state index in [4.69, 9.17) is 16.9 Å². The molecule has 108 valence electrons. The molecule has 0 atom stereocenters. The molecule has 0 unspecified atom stereocenters. The number of hydrogen-bond donors (Lipinski definition) is 0. The molecular formula is C12H9ClF3NO2S. The minimum absolute atomic E-state index is 0.0876. The van der Waals surface area contributed by atoms with Gasteiger partial charge in [0.05, 0.1) is 19.1 Å². The van der Waals surface area contributed by atoms with Gasteiger partial charge in [-0.2, -0.15) is 18.4 Å². The molecule has 0 radical (unpaired) electrons. The normalized spacial score (nSPS) is 11.0. The van der Waals surface area contributed by atoms with Crippen LogP contribution in [0.25, 0.3) is 0 Å². The third-order valence-electron chi connectivity index (χ3n) is 2.36. The molecule has 0 spiro atoms. The summed E-state index contributed by atoms with van der Waals surface area (Å²) < 4.78 is 42.2. The number of nitriles is 1. The van der Waals surface area contributed by atoms with Gasteiger partial charge in [0.15, 0.2) is 0 Å². The number of benzene rings is 1. The van der Waals surface area contributed by atoms with Crippen molar-refractivity contribution in [3.8, 4) is 6.07 Å². The molecule has 8 heteroatoms. The quantitative estimate of drug-likeness (QED) is 0.482. The Balaban J connectivity index is 3.36. The summed E-state index contributed by atoms with van der Waals surface area (Å²) in [5, 5.41) is 9.04. The zero-order valence-electron chi connectivity index (χ0n) is 10.3. The molecule has 0 heterocycles. The van der Waals surface area contributed by atoms with Crippen LogP contribution in [0.3, 0.4) is 0 Å². The Bertz CT molecular complexity index is 555. The van der Waals surface area contributed by atoms with E-state index < -0.39 is 23.2 Å². The van der Waals surface area contributed by atoms with Crippen molar-refractivity contribution in [2.75, 3.05) is 7.11 Å². The predicted octanol–water partition coefficient (Wildman–Crippen LogP) is 3.62. The zero-order chi connectivity index (χ0) is 15.3. The van der Waals surface area contributed by atoms with Gasteiger partial charge in [0.25, 0.3) is 0 Å². The lowest BCUT2D eigenvalue weighted by Crippen LogP contribution is -2.09. The van der Waals surface area contributed by atoms with Crippen LogP contribution >= 0.6 is 23.4 Å². The number of ether oxygens (including phenoxy) is 1. The van der Waals surface area contributed by atoms with Gasteiger partial charge in [0, 0.05) is 10.8 Å². The summed E-state index contributed by atoms with van der Waals surface area (Å²) >= 11 is 5.18. The van der Waals surface area contributed by atoms with Crippen molar-refractivity contribution in [1.82, 2.24) is 0 Å². The highest BCUT2D eigenvalue weighted by Crippen LogP contribution is 2.41. The lowest BCUT2D eigenvalue weighted by Gasteiger charge is -2.14. The molecule has 3 nitrogen and oxygen atoms in total. The van der Waals surface area contributed by atoms with E-state index in [9.17, 15) is 18.0 Å². The predicted molar refractivity (Wildman–Crippen MR) is 68.3 cm³/mol. The van der Waals surface area contributed by atoms with Gasteiger partial charge in [-0.1, -0.05) is 12.1 Å². The molecule has 0 saturated carbocycles. The van der Waals surface area contributed by atoms with Crippen LogP contribution in [0.15, 0.2) is 17.0 Å². The fraction of sp³-hybridized carbons (Fsp3) is 0.333. The smallest absolute Gasteiger partial charge is 0.446 e. The molecule has 0 aliphatic rings. The monoisotopic (exact) mass is 323 g/mol. The Morgan fingerprint density at radius 3 is 2.50 bits per heavy atom. The van der Waals surface area contributed by atoms with Crippen molar-refractivity contribution in [3.05, 3.63) is 28.8 Å². The first-order valence-electron chi connectivity index (χ1n) is 5.25. The van der Waals surface area contributed by atoms with Crippen LogP contribution in [0.5, 0.6) is 0 Å². The number of alkyl halides is 4. The Kier molecular flexibility index (Phi) is 5.72. The second kappa shape index (κ2) is 6.86. The molecule has 0 bridgehead atoms. The Hall–Kier alpha value is -1.39. The van der Waals surface area contributed by atoms with Gasteiger partial charge in [0.2, 0.25) is 0 Å². The van der Waals surface area contributed by atoms with Crippen molar-refractivity contribution in [2.45, 2.75) is 22.7 Å². The van der Waals surface area contributed by atoms with Crippen LogP contribution in [-0.4, -0.2) is 18.6 Å². The summed E-state index contributed by atoms with van der Waals surface area (Å²) in [6.07, 6.45) is -0.341. The molecular weight excluding hydrogens is 315 g/mol. The maximum absolute atomic E-state index is 12.6. The topological polar surface area (TPSA) is 50.1 Å². The third kappa shape index (κ3) is 4.32. The van der Waals surface area contributed by atoms with Gasteiger partial charge in [-0.05, 0) is 22.9 Å². The number of hydrogen-bond acceptors (Lipinski definition) is 4. The molecule has 1 rings (SSSR count). The number of esters is 1. The summed E-state index contributed by atoms with van der Waals surface area (Å²) in [6.45, 7) is 0. The van der Waals surface area contributed by atoms with Crippen LogP contribution in [0.1, 0.15) is 16.7 Å². The van der Waals surface area contributed by atoms with Crippen molar-refractivity contribution in [3.63, 3.8) is 0 Å². The summed E-state index contributed by atoms with van der Waals surface area (Å²) in [6, 6.07) is 4.50. The summed E-state index contributed by atoms with van der Waals surface area (Å²) in [5.74, 6) is -0.774. The van der Waals surface area contributed by atoms with E-state index in [-0.39, 0.29) is 33.9 Å². The zero-order valence-corrected chi connectivity index (χ0v) is 11.8. The largest absolute Gasteiger partial charge is 0.469 e. The van der Waals surface area contributed by atoms with E-state index in [2.05, 4.69) is 4.74 Å². The molecule has 1 aromatic rings. The first-order chi connectivity index (χ1) is 9.32. The molecule has 0 aromatic heterocycles. The molecule has 0 fully saturated rings. The maximum atomic E-state index is 12.6. The fourth-order valence-corrected chi connectivity index (χ4v) is 2.50. The maximum Gasteiger partial charge on any atom is 0.446 e. The van der Waals surface area contributed by atoms with Gasteiger partial charge < -0.3 is 4.74 Å². The molecule has 0 N–H and O–H groups in total.